The smallest absolute Gasteiger partial charge is 0.254 e. The van der Waals surface area contributed by atoms with E-state index in [0.29, 0.717) is 22.9 Å². The van der Waals surface area contributed by atoms with Crippen molar-refractivity contribution in [2.75, 3.05) is 27.3 Å². The second-order valence-corrected chi connectivity index (χ2v) is 5.56. The lowest BCUT2D eigenvalue weighted by Gasteiger charge is -2.15. The summed E-state index contributed by atoms with van der Waals surface area (Å²) >= 11 is -0.526. The maximum Gasteiger partial charge on any atom is 0.254 e. The van der Waals surface area contributed by atoms with Crippen molar-refractivity contribution in [2.45, 2.75) is 4.21 Å². The average molecular weight is 278 g/mol. The molecule has 96 valence electrons. The van der Waals surface area contributed by atoms with Gasteiger partial charge in [-0.2, -0.15) is 0 Å². The van der Waals surface area contributed by atoms with Gasteiger partial charge in [0, 0.05) is 32.1 Å². The predicted molar refractivity (Wildman–Crippen MR) is 64.5 cm³/mol. The fourth-order valence-corrected chi connectivity index (χ4v) is 2.66. The van der Waals surface area contributed by atoms with Gasteiger partial charge in [-0.25, -0.2) is 0 Å². The SMILES string of the molecule is COCCN(C)C(=O)c1csc([S+]([O-])NO)c1. The molecule has 0 saturated heterocycles. The third-order valence-electron chi connectivity index (χ3n) is 2.07. The molecule has 1 aromatic heterocycles. The second-order valence-electron chi connectivity index (χ2n) is 3.23. The van der Waals surface area contributed by atoms with Crippen LogP contribution in [-0.2, 0) is 16.1 Å². The van der Waals surface area contributed by atoms with E-state index in [-0.39, 0.29) is 5.91 Å². The van der Waals surface area contributed by atoms with Crippen LogP contribution in [0.15, 0.2) is 15.7 Å². The van der Waals surface area contributed by atoms with Crippen molar-refractivity contribution in [1.82, 2.24) is 9.79 Å². The van der Waals surface area contributed by atoms with Gasteiger partial charge in [-0.1, -0.05) is 11.3 Å². The summed E-state index contributed by atoms with van der Waals surface area (Å²) in [6, 6.07) is 1.50. The molecular weight excluding hydrogens is 264 g/mol. The summed E-state index contributed by atoms with van der Waals surface area (Å²) in [6.07, 6.45) is 0. The molecule has 1 aromatic rings. The van der Waals surface area contributed by atoms with Crippen LogP contribution in [0.1, 0.15) is 10.4 Å². The van der Waals surface area contributed by atoms with Gasteiger partial charge in [0.1, 0.15) is 11.4 Å². The van der Waals surface area contributed by atoms with Gasteiger partial charge in [-0.05, 0) is 4.89 Å². The number of likely N-dealkylation sites (N-methyl/N-ethyl adjacent to an activating group) is 1. The highest BCUT2D eigenvalue weighted by molar-refractivity contribution is 7.91. The highest BCUT2D eigenvalue weighted by Crippen LogP contribution is 2.20. The monoisotopic (exact) mass is 278 g/mol. The Labute approximate surface area is 106 Å². The first kappa shape index (κ1) is 14.4. The molecule has 0 aliphatic heterocycles. The number of nitrogens with one attached hydrogen (secondary N) is 1. The number of ether oxygens (including phenoxy) is 1. The quantitative estimate of drug-likeness (QED) is 0.583. The number of nitrogens with zero attached hydrogens (tertiary/aromatic N) is 1. The third kappa shape index (κ3) is 3.95. The molecule has 1 rings (SSSR count). The second kappa shape index (κ2) is 6.94. The Kier molecular flexibility index (Phi) is 5.89. The first-order valence-electron chi connectivity index (χ1n) is 4.74. The molecule has 0 aliphatic carbocycles. The predicted octanol–water partition coefficient (Wildman–Crippen LogP) is 0.468. The first-order valence-corrected chi connectivity index (χ1v) is 6.77. The molecule has 0 aromatic carbocycles. The number of carbonyl (C=O) groups excluding carboxylic acids is 1. The molecule has 1 amide bonds. The zero-order valence-electron chi connectivity index (χ0n) is 9.50. The molecule has 1 heterocycles. The Bertz CT molecular complexity index is 372. The zero-order valence-corrected chi connectivity index (χ0v) is 11.1. The van der Waals surface area contributed by atoms with E-state index in [4.69, 9.17) is 9.94 Å². The fraction of sp³-hybridized carbons (Fsp3) is 0.444. The van der Waals surface area contributed by atoms with Gasteiger partial charge in [0.25, 0.3) is 5.91 Å². The summed E-state index contributed by atoms with van der Waals surface area (Å²) in [4.78, 5) is 15.0. The fourth-order valence-electron chi connectivity index (χ4n) is 1.12. The zero-order chi connectivity index (χ0) is 12.8. The number of carbonyl (C=O) groups is 1. The van der Waals surface area contributed by atoms with Gasteiger partial charge in [-0.3, -0.25) is 10.0 Å². The van der Waals surface area contributed by atoms with E-state index < -0.39 is 11.4 Å². The van der Waals surface area contributed by atoms with Crippen LogP contribution in [0.2, 0.25) is 0 Å². The Hall–Kier alpha value is -0.640. The van der Waals surface area contributed by atoms with Crippen molar-refractivity contribution in [3.63, 3.8) is 0 Å². The molecule has 1 unspecified atom stereocenters. The standard InChI is InChI=1S/C9H14N2O4S2/c1-11(3-4-15-2)9(12)7-5-8(16-6-7)17(14)10-13/h5-6,10,13H,3-4H2,1-2H3. The van der Waals surface area contributed by atoms with Crippen molar-refractivity contribution in [3.05, 3.63) is 17.0 Å². The van der Waals surface area contributed by atoms with Crippen LogP contribution < -0.4 is 4.89 Å². The molecule has 1 atom stereocenters. The van der Waals surface area contributed by atoms with E-state index in [1.807, 2.05) is 0 Å². The normalized spacial score (nSPS) is 12.5. The van der Waals surface area contributed by atoms with Crippen molar-refractivity contribution >= 4 is 28.6 Å². The lowest BCUT2D eigenvalue weighted by atomic mass is 10.3. The Morgan fingerprint density at radius 1 is 1.76 bits per heavy atom. The molecule has 0 spiro atoms. The molecule has 2 N–H and O–H groups in total. The van der Waals surface area contributed by atoms with Crippen LogP contribution >= 0.6 is 11.3 Å². The lowest BCUT2D eigenvalue weighted by molar-refractivity contribution is 0.0744. The molecule has 17 heavy (non-hydrogen) atoms. The van der Waals surface area contributed by atoms with Crippen molar-refractivity contribution in [1.29, 1.82) is 0 Å². The van der Waals surface area contributed by atoms with Gasteiger partial charge in [-0.15, -0.1) is 0 Å². The van der Waals surface area contributed by atoms with Crippen LogP contribution in [-0.4, -0.2) is 47.9 Å². The van der Waals surface area contributed by atoms with Crippen LogP contribution in [0.3, 0.4) is 0 Å². The Morgan fingerprint density at radius 3 is 3.06 bits per heavy atom. The summed E-state index contributed by atoms with van der Waals surface area (Å²) < 4.78 is 16.5. The van der Waals surface area contributed by atoms with Crippen LogP contribution in [0.25, 0.3) is 0 Å². The highest BCUT2D eigenvalue weighted by Gasteiger charge is 2.19. The summed E-state index contributed by atoms with van der Waals surface area (Å²) in [7, 11) is 3.23. The van der Waals surface area contributed by atoms with Gasteiger partial charge in [0.15, 0.2) is 0 Å². The van der Waals surface area contributed by atoms with Crippen molar-refractivity contribution < 1.29 is 19.3 Å². The number of amides is 1. The molecule has 6 nitrogen and oxygen atoms in total. The van der Waals surface area contributed by atoms with Gasteiger partial charge >= 0.3 is 0 Å². The van der Waals surface area contributed by atoms with E-state index in [9.17, 15) is 9.35 Å². The maximum absolute atomic E-state index is 11.9. The van der Waals surface area contributed by atoms with E-state index in [0.717, 1.165) is 11.3 Å². The van der Waals surface area contributed by atoms with E-state index in [1.165, 1.54) is 11.0 Å². The van der Waals surface area contributed by atoms with E-state index >= 15 is 0 Å². The largest absolute Gasteiger partial charge is 0.590 e. The van der Waals surface area contributed by atoms with E-state index in [1.54, 1.807) is 24.4 Å². The van der Waals surface area contributed by atoms with Gasteiger partial charge in [0.2, 0.25) is 4.21 Å². The number of hydrogen-bond donors (Lipinski definition) is 2. The van der Waals surface area contributed by atoms with Gasteiger partial charge < -0.3 is 14.2 Å². The Balaban J connectivity index is 2.66. The molecular formula is C9H14N2O4S2. The minimum atomic E-state index is -1.68. The number of rotatable bonds is 6. The number of thiophene rings is 1. The van der Waals surface area contributed by atoms with E-state index in [2.05, 4.69) is 0 Å². The average Bonchev–Trinajstić information content (AvgIpc) is 2.83. The highest BCUT2D eigenvalue weighted by atomic mass is 32.2. The van der Waals surface area contributed by atoms with Gasteiger partial charge in [0.05, 0.1) is 12.2 Å². The minimum Gasteiger partial charge on any atom is -0.590 e. The number of methoxy groups -OCH3 is 1. The summed E-state index contributed by atoms with van der Waals surface area (Å²) in [6.45, 7) is 0.950. The first-order chi connectivity index (χ1) is 8.10. The topological polar surface area (TPSA) is 84.9 Å². The maximum atomic E-state index is 11.9. The molecule has 0 bridgehead atoms. The van der Waals surface area contributed by atoms with Crippen LogP contribution in [0, 0.1) is 0 Å². The number of hydrogen-bond acceptors (Lipinski definition) is 6. The summed E-state index contributed by atoms with van der Waals surface area (Å²) in [5.74, 6) is -0.167. The van der Waals surface area contributed by atoms with Crippen molar-refractivity contribution in [3.8, 4) is 0 Å². The minimum absolute atomic E-state index is 0.167. The molecule has 0 radical (unpaired) electrons. The van der Waals surface area contributed by atoms with Crippen LogP contribution in [0.4, 0.5) is 0 Å². The molecule has 0 aliphatic rings. The summed E-state index contributed by atoms with van der Waals surface area (Å²) in [5.41, 5.74) is 0.451. The third-order valence-corrected chi connectivity index (χ3v) is 4.18. The molecule has 0 fully saturated rings. The molecule has 8 heteroatoms. The van der Waals surface area contributed by atoms with Crippen molar-refractivity contribution in [2.24, 2.45) is 0 Å². The molecule has 0 saturated carbocycles. The summed E-state index contributed by atoms with van der Waals surface area (Å²) in [5, 5.41) is 10.1. The Morgan fingerprint density at radius 2 is 2.47 bits per heavy atom. The van der Waals surface area contributed by atoms with Crippen LogP contribution in [0.5, 0.6) is 0 Å². The lowest BCUT2D eigenvalue weighted by Crippen LogP contribution is -2.29.